The molecule has 1 radical (unpaired) electrons. The Labute approximate surface area is 77.7 Å². The Bertz CT molecular complexity index is 98.7. The third kappa shape index (κ3) is 7.78. The fraction of sp³-hybridized carbons (Fsp3) is 0. The first-order chi connectivity index (χ1) is 4.00. The molecule has 0 aliphatic heterocycles. The maximum atomic E-state index is 7.25. The molecule has 0 aliphatic rings. The van der Waals surface area contributed by atoms with Gasteiger partial charge in [-0.05, 0) is 12.4 Å². The molecule has 0 unspecified atom stereocenters. The zero-order valence-corrected chi connectivity index (χ0v) is 7.40. The first kappa shape index (κ1) is 11.6. The van der Waals surface area contributed by atoms with Gasteiger partial charge in [-0.25, -0.2) is 0 Å². The van der Waals surface area contributed by atoms with Gasteiger partial charge >= 0.3 is 0 Å². The SMILES string of the molecule is [N-]=O.[Y].[c-]1cnccn1. The molecule has 0 bridgehead atoms. The summed E-state index contributed by atoms with van der Waals surface area (Å²) in [5, 5.41) is 0. The van der Waals surface area contributed by atoms with Gasteiger partial charge in [0.1, 0.15) is 0 Å². The summed E-state index contributed by atoms with van der Waals surface area (Å²) in [6.07, 6.45) is 7.24. The van der Waals surface area contributed by atoms with Crippen molar-refractivity contribution in [1.29, 1.82) is 0 Å². The van der Waals surface area contributed by atoms with Crippen molar-refractivity contribution in [2.45, 2.75) is 0 Å². The standard InChI is InChI=1S/C4H3N2.NO.Y/c1-2-6-4-3-5-1;1-2;/h1-3H;;/q2*-1;. The number of nitrogens with zero attached hydrogens (tertiary/aromatic N) is 3. The van der Waals surface area contributed by atoms with E-state index >= 15 is 0 Å². The van der Waals surface area contributed by atoms with Gasteiger partial charge in [0, 0.05) is 32.7 Å². The van der Waals surface area contributed by atoms with Gasteiger partial charge in [-0.15, -0.1) is 12.4 Å². The normalized spacial score (nSPS) is 5.78. The summed E-state index contributed by atoms with van der Waals surface area (Å²) in [4.78, 5) is 14.5. The Balaban J connectivity index is 0. The van der Waals surface area contributed by atoms with Crippen LogP contribution in [0.5, 0.6) is 0 Å². The van der Waals surface area contributed by atoms with Gasteiger partial charge in [0.05, 0.1) is 0 Å². The van der Waals surface area contributed by atoms with E-state index in [0.29, 0.717) is 0 Å². The molecule has 1 rings (SSSR count). The third-order valence-corrected chi connectivity index (χ3v) is 0.434. The van der Waals surface area contributed by atoms with Crippen molar-refractivity contribution in [2.75, 3.05) is 0 Å². The zero-order valence-electron chi connectivity index (χ0n) is 4.56. The molecule has 0 N–H and O–H groups in total. The van der Waals surface area contributed by atoms with Crippen LogP contribution in [0.25, 0.3) is 5.59 Å². The number of hydrogen-bond acceptors (Lipinski definition) is 3. The molecule has 0 saturated carbocycles. The van der Waals surface area contributed by atoms with Crippen LogP contribution >= 0.6 is 0 Å². The van der Waals surface area contributed by atoms with Crippen LogP contribution in [0.4, 0.5) is 0 Å². The molecule has 0 aromatic carbocycles. The minimum Gasteiger partial charge on any atom is -0.577 e. The number of aromatic nitrogens is 2. The van der Waals surface area contributed by atoms with Gasteiger partial charge in [-0.1, -0.05) is 0 Å². The summed E-state index contributed by atoms with van der Waals surface area (Å²) < 4.78 is 0. The summed E-state index contributed by atoms with van der Waals surface area (Å²) in [6.45, 7) is 0. The quantitative estimate of drug-likeness (QED) is 0.573. The molecule has 45 valence electrons. The summed E-state index contributed by atoms with van der Waals surface area (Å²) in [7, 11) is 0. The van der Waals surface area contributed by atoms with Crippen LogP contribution in [0.15, 0.2) is 18.6 Å². The Morgan fingerprint density at radius 2 is 2.00 bits per heavy atom. The van der Waals surface area contributed by atoms with Crippen LogP contribution in [0.1, 0.15) is 0 Å². The molecule has 0 saturated heterocycles. The molecule has 1 aromatic rings. The Morgan fingerprint density at radius 3 is 2.11 bits per heavy atom. The molecule has 1 aromatic heterocycles. The maximum Gasteiger partial charge on any atom is 0 e. The smallest absolute Gasteiger partial charge is 0 e. The van der Waals surface area contributed by atoms with E-state index in [1.165, 1.54) is 6.20 Å². The number of nitroso groups, excluding NO2 is 1. The van der Waals surface area contributed by atoms with Gasteiger partial charge in [0.2, 0.25) is 0 Å². The van der Waals surface area contributed by atoms with E-state index in [0.717, 1.165) is 0 Å². The molecular formula is C4H3N3OY-2. The Hall–Kier alpha value is -0.216. The first-order valence-electron chi connectivity index (χ1n) is 1.80. The van der Waals surface area contributed by atoms with Gasteiger partial charge in [-0.3, -0.25) is 0 Å². The van der Waals surface area contributed by atoms with Crippen LogP contribution in [0, 0.1) is 11.1 Å². The van der Waals surface area contributed by atoms with E-state index in [1.807, 2.05) is 0 Å². The monoisotopic (exact) mass is 198 g/mol. The predicted molar refractivity (Wildman–Crippen MR) is 27.6 cm³/mol. The van der Waals surface area contributed by atoms with Crippen molar-refractivity contribution in [3.8, 4) is 0 Å². The number of rotatable bonds is 0. The van der Waals surface area contributed by atoms with E-state index < -0.39 is 0 Å². The van der Waals surface area contributed by atoms with Crippen molar-refractivity contribution < 1.29 is 32.7 Å². The van der Waals surface area contributed by atoms with E-state index in [4.69, 9.17) is 10.5 Å². The molecule has 9 heavy (non-hydrogen) atoms. The van der Waals surface area contributed by atoms with Gasteiger partial charge in [0.25, 0.3) is 0 Å². The molecule has 0 aliphatic carbocycles. The second-order valence-corrected chi connectivity index (χ2v) is 0.835. The van der Waals surface area contributed by atoms with E-state index in [1.54, 1.807) is 12.4 Å². The molecule has 0 atom stereocenters. The third-order valence-electron chi connectivity index (χ3n) is 0.434. The molecule has 5 heteroatoms. The topological polar surface area (TPSA) is 65.2 Å². The summed E-state index contributed by atoms with van der Waals surface area (Å²) in [5.41, 5.74) is 5.75. The Kier molecular flexibility index (Phi) is 13.8. The van der Waals surface area contributed by atoms with Crippen LogP contribution in [0.3, 0.4) is 0 Å². The average molecular weight is 198 g/mol. The second kappa shape index (κ2) is 10.7. The molecule has 0 amide bonds. The van der Waals surface area contributed by atoms with Crippen LogP contribution in [0.2, 0.25) is 0 Å². The minimum atomic E-state index is 0. The second-order valence-electron chi connectivity index (χ2n) is 0.835. The molecule has 0 fully saturated rings. The number of hydrogen-bond donors (Lipinski definition) is 0. The van der Waals surface area contributed by atoms with Crippen LogP contribution in [-0.4, -0.2) is 9.97 Å². The van der Waals surface area contributed by atoms with E-state index in [-0.39, 0.29) is 32.7 Å². The van der Waals surface area contributed by atoms with E-state index in [9.17, 15) is 0 Å². The largest absolute Gasteiger partial charge is 0.577 e. The first-order valence-corrected chi connectivity index (χ1v) is 1.80. The molecular weight excluding hydrogens is 195 g/mol. The summed E-state index contributed by atoms with van der Waals surface area (Å²) >= 11 is 0. The van der Waals surface area contributed by atoms with Crippen molar-refractivity contribution in [3.63, 3.8) is 0 Å². The fourth-order valence-corrected chi connectivity index (χ4v) is 0.225. The van der Waals surface area contributed by atoms with Crippen molar-refractivity contribution in [1.82, 2.24) is 9.97 Å². The fourth-order valence-electron chi connectivity index (χ4n) is 0.225. The van der Waals surface area contributed by atoms with E-state index in [2.05, 4.69) is 16.2 Å². The summed E-state index contributed by atoms with van der Waals surface area (Å²) in [6, 6.07) is 0. The van der Waals surface area contributed by atoms with Crippen molar-refractivity contribution in [2.24, 2.45) is 0 Å². The molecule has 0 spiro atoms. The maximum absolute atomic E-state index is 7.25. The van der Waals surface area contributed by atoms with Crippen molar-refractivity contribution >= 4 is 0 Å². The summed E-state index contributed by atoms with van der Waals surface area (Å²) in [5.74, 6) is 0. The van der Waals surface area contributed by atoms with Crippen LogP contribution < -0.4 is 0 Å². The minimum absolute atomic E-state index is 0. The van der Waals surface area contributed by atoms with Gasteiger partial charge < -0.3 is 20.5 Å². The Morgan fingerprint density at radius 1 is 1.33 bits per heavy atom. The average Bonchev–Trinajstić information content (AvgIpc) is 1.96. The zero-order chi connectivity index (χ0) is 6.24. The predicted octanol–water partition coefficient (Wildman–Crippen LogP) is 0.596. The molecule has 1 heterocycles. The van der Waals surface area contributed by atoms with Gasteiger partial charge in [0.15, 0.2) is 0 Å². The van der Waals surface area contributed by atoms with Crippen LogP contribution in [-0.2, 0) is 32.7 Å². The van der Waals surface area contributed by atoms with Gasteiger partial charge in [-0.2, -0.15) is 0 Å². The molecule has 4 nitrogen and oxygen atoms in total. The van der Waals surface area contributed by atoms with Crippen molar-refractivity contribution in [3.05, 3.63) is 35.3 Å².